The van der Waals surface area contributed by atoms with Gasteiger partial charge in [-0.25, -0.2) is 0 Å². The molecule has 0 radical (unpaired) electrons. The van der Waals surface area contributed by atoms with Crippen molar-refractivity contribution in [2.24, 2.45) is 0 Å². The summed E-state index contributed by atoms with van der Waals surface area (Å²) in [6, 6.07) is 43.0. The van der Waals surface area contributed by atoms with Crippen molar-refractivity contribution >= 4 is 33.3 Å². The third-order valence-electron chi connectivity index (χ3n) is 12.0. The van der Waals surface area contributed by atoms with E-state index in [1.165, 1.54) is 106 Å². The van der Waals surface area contributed by atoms with Gasteiger partial charge in [-0.15, -0.1) is 0 Å². The highest BCUT2D eigenvalue weighted by atomic mass is 16.5. The zero-order valence-electron chi connectivity index (χ0n) is 27.5. The van der Waals surface area contributed by atoms with Gasteiger partial charge in [-0.3, -0.25) is 0 Å². The molecular weight excluding hydrogens is 583 g/mol. The maximum absolute atomic E-state index is 7.67. The molecule has 6 aromatic rings. The highest BCUT2D eigenvalue weighted by molar-refractivity contribution is 6.19. The minimum absolute atomic E-state index is 0.488. The van der Waals surface area contributed by atoms with Gasteiger partial charge in [0.2, 0.25) is 0 Å². The second kappa shape index (κ2) is 11.1. The summed E-state index contributed by atoms with van der Waals surface area (Å²) >= 11 is 0. The molecule has 3 atom stereocenters. The number of hydrogen-bond donors (Lipinski definition) is 0. The van der Waals surface area contributed by atoms with Gasteiger partial charge in [0.1, 0.15) is 5.75 Å². The smallest absolute Gasteiger partial charge is 0.178 e. The van der Waals surface area contributed by atoms with E-state index in [0.29, 0.717) is 11.8 Å². The van der Waals surface area contributed by atoms with Gasteiger partial charge in [0.05, 0.1) is 0 Å². The fourth-order valence-electron chi connectivity index (χ4n) is 9.73. The maximum atomic E-state index is 7.67. The molecule has 10 rings (SSSR count). The Kier molecular flexibility index (Phi) is 6.54. The second-order valence-corrected chi connectivity index (χ2v) is 14.5. The Morgan fingerprint density at radius 3 is 2.19 bits per heavy atom. The van der Waals surface area contributed by atoms with Crippen molar-refractivity contribution in [3.05, 3.63) is 149 Å². The molecule has 1 saturated carbocycles. The van der Waals surface area contributed by atoms with Crippen molar-refractivity contribution in [3.63, 3.8) is 0 Å². The Bertz CT molecular complexity index is 2210. The Balaban J connectivity index is 1.25. The minimum atomic E-state index is -0.736. The van der Waals surface area contributed by atoms with E-state index in [1.54, 1.807) is 0 Å². The van der Waals surface area contributed by atoms with E-state index in [2.05, 4.69) is 132 Å². The summed E-state index contributed by atoms with van der Waals surface area (Å²) in [7, 11) is 0. The van der Waals surface area contributed by atoms with Gasteiger partial charge in [0.15, 0.2) is 5.60 Å². The van der Waals surface area contributed by atoms with Gasteiger partial charge in [-0.1, -0.05) is 116 Å². The quantitative estimate of drug-likeness (QED) is 0.182. The molecule has 3 unspecified atom stereocenters. The Morgan fingerprint density at radius 1 is 0.604 bits per heavy atom. The predicted molar refractivity (Wildman–Crippen MR) is 200 cm³/mol. The van der Waals surface area contributed by atoms with E-state index in [1.807, 2.05) is 0 Å². The Labute approximate surface area is 283 Å². The predicted octanol–water partition coefficient (Wildman–Crippen LogP) is 11.8. The van der Waals surface area contributed by atoms with Crippen molar-refractivity contribution in [2.75, 3.05) is 18.0 Å². The number of fused-ring (bicyclic) bond motifs is 13. The summed E-state index contributed by atoms with van der Waals surface area (Å²) < 4.78 is 7.67. The molecule has 6 aromatic carbocycles. The molecule has 2 heteroatoms. The van der Waals surface area contributed by atoms with E-state index in [4.69, 9.17) is 4.74 Å². The maximum Gasteiger partial charge on any atom is 0.178 e. The van der Waals surface area contributed by atoms with Crippen LogP contribution in [0.5, 0.6) is 5.75 Å². The van der Waals surface area contributed by atoms with E-state index in [-0.39, 0.29) is 0 Å². The van der Waals surface area contributed by atoms with Crippen LogP contribution in [0, 0.1) is 0 Å². The van der Waals surface area contributed by atoms with Crippen LogP contribution in [0.2, 0.25) is 0 Å². The average Bonchev–Trinajstić information content (AvgIpc) is 3.18. The molecule has 2 nitrogen and oxygen atoms in total. The molecule has 2 fully saturated rings. The van der Waals surface area contributed by atoms with E-state index in [0.717, 1.165) is 24.4 Å². The first-order chi connectivity index (χ1) is 23.8. The zero-order chi connectivity index (χ0) is 31.7. The van der Waals surface area contributed by atoms with Gasteiger partial charge in [-0.05, 0) is 101 Å². The van der Waals surface area contributed by atoms with Crippen LogP contribution in [0.25, 0.3) is 38.7 Å². The number of benzene rings is 6. The third-order valence-corrected chi connectivity index (χ3v) is 12.0. The lowest BCUT2D eigenvalue weighted by molar-refractivity contribution is 0.163. The normalized spacial score (nSPS) is 22.8. The first-order valence-corrected chi connectivity index (χ1v) is 18.2. The van der Waals surface area contributed by atoms with E-state index < -0.39 is 5.60 Å². The van der Waals surface area contributed by atoms with Crippen LogP contribution >= 0.6 is 0 Å². The SMILES string of the molecule is C1=CC(c2ccccc2)(c2ccc(N3CCCCC3)cc2)Oc2c1c1c(c3c2ccc2ccccc23)-c2ccccc2C2CCCCC12. The number of nitrogens with zero attached hydrogens (tertiary/aromatic N) is 1. The van der Waals surface area contributed by atoms with Crippen LogP contribution in [-0.4, -0.2) is 13.1 Å². The van der Waals surface area contributed by atoms with Gasteiger partial charge in [0, 0.05) is 46.2 Å². The van der Waals surface area contributed by atoms with Crippen LogP contribution in [0.4, 0.5) is 5.69 Å². The number of anilines is 1. The molecule has 48 heavy (non-hydrogen) atoms. The number of hydrogen-bond acceptors (Lipinski definition) is 2. The molecule has 0 amide bonds. The highest BCUT2D eigenvalue weighted by Gasteiger charge is 2.43. The van der Waals surface area contributed by atoms with E-state index >= 15 is 0 Å². The second-order valence-electron chi connectivity index (χ2n) is 14.5. The molecule has 0 N–H and O–H groups in total. The summed E-state index contributed by atoms with van der Waals surface area (Å²) in [4.78, 5) is 2.54. The summed E-state index contributed by atoms with van der Waals surface area (Å²) in [6.07, 6.45) is 13.8. The van der Waals surface area contributed by atoms with Gasteiger partial charge >= 0.3 is 0 Å². The fraction of sp³-hybridized carbons (Fsp3) is 0.261. The van der Waals surface area contributed by atoms with Crippen molar-refractivity contribution < 1.29 is 4.74 Å². The lowest BCUT2D eigenvalue weighted by atomic mass is 9.63. The lowest BCUT2D eigenvalue weighted by Gasteiger charge is -2.43. The first-order valence-electron chi connectivity index (χ1n) is 18.2. The number of piperidine rings is 1. The van der Waals surface area contributed by atoms with Crippen LogP contribution in [0.1, 0.15) is 84.6 Å². The van der Waals surface area contributed by atoms with Crippen molar-refractivity contribution in [1.29, 1.82) is 0 Å². The molecule has 2 heterocycles. The average molecular weight is 624 g/mol. The molecule has 1 saturated heterocycles. The highest BCUT2D eigenvalue weighted by Crippen LogP contribution is 2.60. The van der Waals surface area contributed by atoms with Crippen LogP contribution < -0.4 is 9.64 Å². The number of ether oxygens (including phenoxy) is 1. The molecule has 2 aliphatic heterocycles. The molecule has 0 spiro atoms. The molecule has 236 valence electrons. The Hall–Kier alpha value is -4.82. The Morgan fingerprint density at radius 2 is 1.33 bits per heavy atom. The van der Waals surface area contributed by atoms with Crippen molar-refractivity contribution in [3.8, 4) is 16.9 Å². The fourth-order valence-corrected chi connectivity index (χ4v) is 9.73. The van der Waals surface area contributed by atoms with Crippen LogP contribution in [0.3, 0.4) is 0 Å². The van der Waals surface area contributed by atoms with Gasteiger partial charge in [0.25, 0.3) is 0 Å². The molecule has 2 aliphatic carbocycles. The first kappa shape index (κ1) is 28.2. The lowest BCUT2D eigenvalue weighted by Crippen LogP contribution is -2.35. The molecule has 0 bridgehead atoms. The summed E-state index contributed by atoms with van der Waals surface area (Å²) in [5, 5.41) is 5.15. The number of rotatable bonds is 3. The molecule has 0 aromatic heterocycles. The summed E-state index contributed by atoms with van der Waals surface area (Å²) in [5.74, 6) is 2.07. The van der Waals surface area contributed by atoms with E-state index in [9.17, 15) is 0 Å². The van der Waals surface area contributed by atoms with Crippen molar-refractivity contribution in [2.45, 2.75) is 62.4 Å². The van der Waals surface area contributed by atoms with Gasteiger partial charge in [-0.2, -0.15) is 0 Å². The summed E-state index contributed by atoms with van der Waals surface area (Å²) in [6.45, 7) is 2.28. The molecular formula is C46H41NO. The minimum Gasteiger partial charge on any atom is -0.472 e. The standard InChI is InChI=1S/C46H41NO/c1-3-14-32(15-4-1)46(33-22-24-34(25-23-33)47-29-11-2-12-30-47)28-27-41-43-38-19-9-7-17-36(38)37-18-8-10-20-39(37)44(43)42-35-16-6-5-13-31(35)21-26-40(42)45(41)48-46/h1,3-6,8,10,13-16,18,20-28,36,38H,2,7,9,11-12,17,19,29-30H2. The zero-order valence-corrected chi connectivity index (χ0v) is 27.5. The third kappa shape index (κ3) is 4.18. The topological polar surface area (TPSA) is 12.5 Å². The van der Waals surface area contributed by atoms with Crippen LogP contribution in [-0.2, 0) is 5.60 Å². The largest absolute Gasteiger partial charge is 0.472 e. The van der Waals surface area contributed by atoms with Crippen molar-refractivity contribution in [1.82, 2.24) is 0 Å². The molecule has 4 aliphatic rings. The van der Waals surface area contributed by atoms with Crippen LogP contribution in [0.15, 0.2) is 121 Å². The monoisotopic (exact) mass is 623 g/mol. The van der Waals surface area contributed by atoms with Gasteiger partial charge < -0.3 is 9.64 Å². The summed E-state index contributed by atoms with van der Waals surface area (Å²) in [5.41, 5.74) is 10.1.